The van der Waals surface area contributed by atoms with Gasteiger partial charge in [0.25, 0.3) is 0 Å². The number of aryl methyl sites for hydroxylation is 2. The van der Waals surface area contributed by atoms with Crippen LogP contribution >= 0.6 is 0 Å². The van der Waals surface area contributed by atoms with E-state index in [4.69, 9.17) is 0 Å². The lowest BCUT2D eigenvalue weighted by Crippen LogP contribution is -2.65. The topological polar surface area (TPSA) is 28.2 Å². The Hall–Kier alpha value is -1.09. The van der Waals surface area contributed by atoms with Crippen LogP contribution in [0.15, 0.2) is 12.1 Å². The van der Waals surface area contributed by atoms with Crippen molar-refractivity contribution in [3.8, 4) is 0 Å². The third-order valence-electron chi connectivity index (χ3n) is 5.37. The molecule has 0 radical (unpaired) electrons. The highest BCUT2D eigenvalue weighted by Crippen LogP contribution is 2.42. The van der Waals surface area contributed by atoms with Gasteiger partial charge in [-0.15, -0.1) is 0 Å². The molecule has 1 aromatic rings. The number of piperazine rings is 1. The largest absolute Gasteiger partial charge is 0.364 e. The number of nitrogens with zero attached hydrogens (tertiary/aromatic N) is 2. The molecule has 1 N–H and O–H groups in total. The average Bonchev–Trinajstić information content (AvgIpc) is 3.22. The van der Waals surface area contributed by atoms with E-state index in [1.54, 1.807) is 0 Å². The van der Waals surface area contributed by atoms with E-state index in [2.05, 4.69) is 62.0 Å². The summed E-state index contributed by atoms with van der Waals surface area (Å²) < 4.78 is 0. The minimum absolute atomic E-state index is 0.267. The summed E-state index contributed by atoms with van der Waals surface area (Å²) in [6.07, 6.45) is 2.77. The second-order valence-corrected chi connectivity index (χ2v) is 7.57. The number of nitrogens with one attached hydrogen (secondary N) is 1. The number of rotatable bonds is 3. The van der Waals surface area contributed by atoms with E-state index >= 15 is 0 Å². The van der Waals surface area contributed by atoms with Gasteiger partial charge in [-0.2, -0.15) is 0 Å². The Labute approximate surface area is 129 Å². The van der Waals surface area contributed by atoms with Gasteiger partial charge in [-0.3, -0.25) is 4.98 Å². The van der Waals surface area contributed by atoms with Crippen molar-refractivity contribution in [1.29, 1.82) is 0 Å². The first-order chi connectivity index (χ1) is 9.90. The van der Waals surface area contributed by atoms with Crippen LogP contribution in [-0.2, 0) is 0 Å². The molecule has 3 rings (SSSR count). The molecule has 0 aromatic carbocycles. The maximum absolute atomic E-state index is 4.69. The summed E-state index contributed by atoms with van der Waals surface area (Å²) in [5.41, 5.74) is 3.87. The number of aromatic nitrogens is 1. The van der Waals surface area contributed by atoms with Crippen molar-refractivity contribution in [2.75, 3.05) is 18.0 Å². The summed E-state index contributed by atoms with van der Waals surface area (Å²) in [7, 11) is 0. The summed E-state index contributed by atoms with van der Waals surface area (Å²) in [5.74, 6) is 1.49. The maximum Gasteiger partial charge on any atom is 0.0609 e. The summed E-state index contributed by atoms with van der Waals surface area (Å²) >= 11 is 0. The normalized spacial score (nSPS) is 30.0. The zero-order valence-corrected chi connectivity index (χ0v) is 14.1. The minimum atomic E-state index is 0.267. The third kappa shape index (κ3) is 2.80. The van der Waals surface area contributed by atoms with Crippen molar-refractivity contribution in [3.05, 3.63) is 23.5 Å². The van der Waals surface area contributed by atoms with Gasteiger partial charge in [0.1, 0.15) is 0 Å². The third-order valence-corrected chi connectivity index (χ3v) is 5.37. The Morgan fingerprint density at radius 3 is 2.57 bits per heavy atom. The van der Waals surface area contributed by atoms with E-state index < -0.39 is 0 Å². The van der Waals surface area contributed by atoms with Crippen molar-refractivity contribution in [2.45, 2.75) is 59.0 Å². The standard InChI is InChI=1S/C18H29N3/c1-12(2)17-10-19-18(5,15-7-8-15)11-21(17)16-9-6-13(3)20-14(16)4/h6,9,12,15,17,19H,7-8,10-11H2,1-5H3. The molecule has 2 fully saturated rings. The lowest BCUT2D eigenvalue weighted by Gasteiger charge is -2.49. The molecule has 0 bridgehead atoms. The number of pyridine rings is 1. The summed E-state index contributed by atoms with van der Waals surface area (Å²) in [6, 6.07) is 4.97. The van der Waals surface area contributed by atoms with Crippen LogP contribution in [0.4, 0.5) is 5.69 Å². The molecular formula is C18H29N3. The monoisotopic (exact) mass is 287 g/mol. The van der Waals surface area contributed by atoms with Crippen LogP contribution in [0, 0.1) is 25.7 Å². The predicted octanol–water partition coefficient (Wildman–Crippen LogP) is 3.30. The van der Waals surface area contributed by atoms with Crippen LogP contribution in [0.3, 0.4) is 0 Å². The Morgan fingerprint density at radius 2 is 2.00 bits per heavy atom. The molecular weight excluding hydrogens is 258 g/mol. The molecule has 2 heterocycles. The number of hydrogen-bond donors (Lipinski definition) is 1. The molecule has 3 nitrogen and oxygen atoms in total. The Morgan fingerprint density at radius 1 is 1.29 bits per heavy atom. The molecule has 1 aliphatic carbocycles. The SMILES string of the molecule is Cc1ccc(N2CC(C)(C3CC3)NCC2C(C)C)c(C)n1. The van der Waals surface area contributed by atoms with Crippen LogP contribution in [0.25, 0.3) is 0 Å². The van der Waals surface area contributed by atoms with Gasteiger partial charge in [0.2, 0.25) is 0 Å². The molecule has 3 heteroatoms. The fourth-order valence-electron chi connectivity index (χ4n) is 3.81. The Kier molecular flexibility index (Phi) is 3.73. The van der Waals surface area contributed by atoms with Crippen molar-refractivity contribution in [3.63, 3.8) is 0 Å². The zero-order chi connectivity index (χ0) is 15.2. The van der Waals surface area contributed by atoms with Crippen molar-refractivity contribution in [1.82, 2.24) is 10.3 Å². The van der Waals surface area contributed by atoms with Crippen molar-refractivity contribution in [2.24, 2.45) is 11.8 Å². The molecule has 0 amide bonds. The van der Waals surface area contributed by atoms with Crippen LogP contribution in [-0.4, -0.2) is 29.7 Å². The van der Waals surface area contributed by atoms with E-state index in [-0.39, 0.29) is 5.54 Å². The van der Waals surface area contributed by atoms with Gasteiger partial charge < -0.3 is 10.2 Å². The Bertz CT molecular complexity index is 521. The predicted molar refractivity (Wildman–Crippen MR) is 88.8 cm³/mol. The fourth-order valence-corrected chi connectivity index (χ4v) is 3.81. The molecule has 2 aliphatic rings. The van der Waals surface area contributed by atoms with Gasteiger partial charge in [-0.1, -0.05) is 13.8 Å². The lowest BCUT2D eigenvalue weighted by atomic mass is 9.87. The van der Waals surface area contributed by atoms with Crippen LogP contribution in [0.5, 0.6) is 0 Å². The zero-order valence-electron chi connectivity index (χ0n) is 14.1. The molecule has 1 saturated heterocycles. The quantitative estimate of drug-likeness (QED) is 0.924. The lowest BCUT2D eigenvalue weighted by molar-refractivity contribution is 0.233. The first-order valence-corrected chi connectivity index (χ1v) is 8.36. The van der Waals surface area contributed by atoms with Gasteiger partial charge in [-0.25, -0.2) is 0 Å². The molecule has 1 aliphatic heterocycles. The molecule has 0 spiro atoms. The van der Waals surface area contributed by atoms with Crippen LogP contribution in [0.2, 0.25) is 0 Å². The van der Waals surface area contributed by atoms with Crippen LogP contribution < -0.4 is 10.2 Å². The van der Waals surface area contributed by atoms with Gasteiger partial charge in [0, 0.05) is 30.4 Å². The molecule has 21 heavy (non-hydrogen) atoms. The van der Waals surface area contributed by atoms with Gasteiger partial charge in [-0.05, 0) is 57.6 Å². The highest BCUT2D eigenvalue weighted by atomic mass is 15.3. The maximum atomic E-state index is 4.69. The molecule has 2 atom stereocenters. The number of anilines is 1. The highest BCUT2D eigenvalue weighted by Gasteiger charge is 2.46. The van der Waals surface area contributed by atoms with Gasteiger partial charge in [0.15, 0.2) is 0 Å². The highest BCUT2D eigenvalue weighted by molar-refractivity contribution is 5.53. The minimum Gasteiger partial charge on any atom is -0.364 e. The van der Waals surface area contributed by atoms with E-state index in [0.717, 1.165) is 24.7 Å². The van der Waals surface area contributed by atoms with Crippen molar-refractivity contribution < 1.29 is 0 Å². The van der Waals surface area contributed by atoms with E-state index in [1.165, 1.54) is 24.2 Å². The van der Waals surface area contributed by atoms with Crippen molar-refractivity contribution >= 4 is 5.69 Å². The average molecular weight is 287 g/mol. The molecule has 2 unspecified atom stereocenters. The summed E-state index contributed by atoms with van der Waals surface area (Å²) in [5, 5.41) is 3.86. The molecule has 116 valence electrons. The van der Waals surface area contributed by atoms with E-state index in [1.807, 2.05) is 0 Å². The number of hydrogen-bond acceptors (Lipinski definition) is 3. The van der Waals surface area contributed by atoms with Gasteiger partial charge >= 0.3 is 0 Å². The summed E-state index contributed by atoms with van der Waals surface area (Å²) in [6.45, 7) is 13.5. The van der Waals surface area contributed by atoms with Crippen LogP contribution in [0.1, 0.15) is 45.0 Å². The second-order valence-electron chi connectivity index (χ2n) is 7.57. The molecule has 1 saturated carbocycles. The van der Waals surface area contributed by atoms with E-state index in [0.29, 0.717) is 12.0 Å². The van der Waals surface area contributed by atoms with Gasteiger partial charge in [0.05, 0.1) is 11.4 Å². The summed E-state index contributed by atoms with van der Waals surface area (Å²) in [4.78, 5) is 7.31. The second kappa shape index (κ2) is 5.28. The fraction of sp³-hybridized carbons (Fsp3) is 0.722. The first kappa shape index (κ1) is 14.8. The first-order valence-electron chi connectivity index (χ1n) is 8.36. The Balaban J connectivity index is 1.93. The smallest absolute Gasteiger partial charge is 0.0609 e. The molecule has 1 aromatic heterocycles. The van der Waals surface area contributed by atoms with E-state index in [9.17, 15) is 0 Å².